The molecule has 0 amide bonds. The van der Waals surface area contributed by atoms with E-state index in [1.54, 1.807) is 0 Å². The number of hydrogen-bond acceptors (Lipinski definition) is 6. The molecule has 0 aromatic carbocycles. The molecule has 38 heavy (non-hydrogen) atoms. The lowest BCUT2D eigenvalue weighted by Gasteiger charge is -2.48. The Morgan fingerprint density at radius 2 is 1.79 bits per heavy atom. The van der Waals surface area contributed by atoms with Crippen LogP contribution in [-0.2, 0) is 10.8 Å². The molecule has 0 spiro atoms. The van der Waals surface area contributed by atoms with Crippen LogP contribution in [0.1, 0.15) is 75.7 Å². The Morgan fingerprint density at radius 3 is 2.42 bits per heavy atom. The van der Waals surface area contributed by atoms with Crippen LogP contribution < -0.4 is 4.90 Å². The van der Waals surface area contributed by atoms with Gasteiger partial charge in [0.15, 0.2) is 14.1 Å². The maximum absolute atomic E-state index is 13.4. The molecule has 0 N–H and O–H groups in total. The summed E-state index contributed by atoms with van der Waals surface area (Å²) in [5.74, 6) is 2.89. The monoisotopic (exact) mass is 533 g/mol. The fraction of sp³-hybridized carbons (Fsp3) is 0.581. The zero-order valence-corrected chi connectivity index (χ0v) is 25.2. The largest absolute Gasteiger partial charge is 0.442 e. The second kappa shape index (κ2) is 9.90. The average molecular weight is 534 g/mol. The predicted octanol–water partition coefficient (Wildman–Crippen LogP) is 7.25. The average Bonchev–Trinajstić information content (AvgIpc) is 3.42. The first kappa shape index (κ1) is 27.1. The van der Waals surface area contributed by atoms with E-state index in [9.17, 15) is 4.79 Å². The van der Waals surface area contributed by atoms with Gasteiger partial charge >= 0.3 is 0 Å². The number of hydrogen-bond donors (Lipinski definition) is 0. The summed E-state index contributed by atoms with van der Waals surface area (Å²) in [6, 6.07) is 7.90. The van der Waals surface area contributed by atoms with Crippen LogP contribution in [0.15, 0.2) is 41.1 Å². The Bertz CT molecular complexity index is 1320. The fourth-order valence-electron chi connectivity index (χ4n) is 5.61. The van der Waals surface area contributed by atoms with Gasteiger partial charge in [0.2, 0.25) is 5.71 Å². The van der Waals surface area contributed by atoms with Crippen molar-refractivity contribution in [3.63, 3.8) is 0 Å². The third-order valence-electron chi connectivity index (χ3n) is 9.11. The van der Waals surface area contributed by atoms with Gasteiger partial charge in [0, 0.05) is 54.5 Å². The van der Waals surface area contributed by atoms with E-state index < -0.39 is 8.32 Å². The normalized spacial score (nSPS) is 26.1. The third-order valence-corrected chi connectivity index (χ3v) is 13.6. The molecule has 3 unspecified atom stereocenters. The number of furan rings is 1. The van der Waals surface area contributed by atoms with Crippen LogP contribution in [-0.4, -0.2) is 43.3 Å². The summed E-state index contributed by atoms with van der Waals surface area (Å²) in [6.07, 6.45) is 5.32. The lowest BCUT2D eigenvalue weighted by atomic mass is 9.87. The highest BCUT2D eigenvalue weighted by Gasteiger charge is 2.43. The number of rotatable bonds is 7. The first-order valence-electron chi connectivity index (χ1n) is 14.1. The van der Waals surface area contributed by atoms with Crippen LogP contribution in [0.4, 0.5) is 5.69 Å². The van der Waals surface area contributed by atoms with Gasteiger partial charge in [-0.1, -0.05) is 41.5 Å². The molecule has 3 aromatic heterocycles. The molecule has 1 aliphatic heterocycles. The van der Waals surface area contributed by atoms with Crippen molar-refractivity contribution >= 4 is 30.9 Å². The van der Waals surface area contributed by atoms with E-state index in [1.807, 2.05) is 30.6 Å². The highest BCUT2D eigenvalue weighted by Crippen LogP contribution is 2.48. The number of fused-ring (bicyclic) bond motifs is 1. The number of Topliss-reactive ketones (excluding diaryl/α,β-unsaturated/α-hetero) is 1. The van der Waals surface area contributed by atoms with Crippen LogP contribution in [0.2, 0.25) is 18.1 Å². The van der Waals surface area contributed by atoms with Gasteiger partial charge in [-0.15, -0.1) is 0 Å². The smallest absolute Gasteiger partial charge is 0.226 e. The number of ketones is 1. The Kier molecular flexibility index (Phi) is 7.06. The Balaban J connectivity index is 1.31. The summed E-state index contributed by atoms with van der Waals surface area (Å²) in [5, 5.41) is 1.15. The van der Waals surface area contributed by atoms with Gasteiger partial charge in [-0.25, -0.2) is 4.98 Å². The van der Waals surface area contributed by atoms with Crippen molar-refractivity contribution in [2.24, 2.45) is 17.8 Å². The van der Waals surface area contributed by atoms with E-state index in [1.165, 1.54) is 0 Å². The van der Waals surface area contributed by atoms with Gasteiger partial charge in [-0.05, 0) is 66.6 Å². The van der Waals surface area contributed by atoms with Crippen molar-refractivity contribution in [3.05, 3.63) is 53.7 Å². The molecule has 1 aliphatic carbocycles. The molecule has 2 aliphatic rings. The molecule has 3 aromatic rings. The molecule has 5 atom stereocenters. The molecular weight excluding hydrogens is 490 g/mol. The molecule has 7 heteroatoms. The molecule has 1 saturated carbocycles. The first-order valence-corrected chi connectivity index (χ1v) is 17.0. The molecule has 0 bridgehead atoms. The maximum atomic E-state index is 13.4. The summed E-state index contributed by atoms with van der Waals surface area (Å²) in [5.41, 5.74) is 3.03. The zero-order chi connectivity index (χ0) is 27.4. The van der Waals surface area contributed by atoms with Crippen molar-refractivity contribution in [2.75, 3.05) is 18.0 Å². The molecule has 204 valence electrons. The van der Waals surface area contributed by atoms with Gasteiger partial charge in [0.05, 0.1) is 6.10 Å². The zero-order valence-electron chi connectivity index (χ0n) is 24.2. The van der Waals surface area contributed by atoms with Crippen molar-refractivity contribution in [1.29, 1.82) is 0 Å². The lowest BCUT2D eigenvalue weighted by Crippen LogP contribution is -2.54. The van der Waals surface area contributed by atoms with Gasteiger partial charge in [0.1, 0.15) is 11.5 Å². The molecule has 2 fully saturated rings. The summed E-state index contributed by atoms with van der Waals surface area (Å²) in [4.78, 5) is 24.7. The highest BCUT2D eigenvalue weighted by molar-refractivity contribution is 6.74. The lowest BCUT2D eigenvalue weighted by molar-refractivity contribution is 0.0627. The molecule has 6 nitrogen and oxygen atoms in total. The standard InChI is InChI=1S/C31H43N3O3Si/c1-19-13-24(19)28-15-22-9-10-25(33-30(22)36-28)27(35)14-23-16-32-12-11-26(23)34-17-20(2)29(21(3)18-34)37-38(7,8)31(4,5)6/h9-12,15-16,19-21,24,29H,13-14,17-18H2,1-8H3/t19?,20-,21+,24?,29?. The van der Waals surface area contributed by atoms with Crippen LogP contribution in [0, 0.1) is 17.8 Å². The van der Waals surface area contributed by atoms with E-state index in [2.05, 4.69) is 75.6 Å². The molecule has 5 rings (SSSR count). The topological polar surface area (TPSA) is 68.5 Å². The Hall–Kier alpha value is -2.51. The van der Waals surface area contributed by atoms with E-state index >= 15 is 0 Å². The first-order chi connectivity index (χ1) is 17.8. The number of aromatic nitrogens is 2. The summed E-state index contributed by atoms with van der Waals surface area (Å²) in [6.45, 7) is 20.2. The number of anilines is 1. The number of carbonyl (C=O) groups excluding carboxylic acids is 1. The minimum absolute atomic E-state index is 0.0175. The second-order valence-electron chi connectivity index (χ2n) is 13.4. The minimum atomic E-state index is -1.86. The molecule has 4 heterocycles. The van der Waals surface area contributed by atoms with E-state index in [4.69, 9.17) is 8.84 Å². The van der Waals surface area contributed by atoms with Crippen LogP contribution >= 0.6 is 0 Å². The van der Waals surface area contributed by atoms with Crippen molar-refractivity contribution in [2.45, 2.75) is 84.5 Å². The third kappa shape index (κ3) is 5.32. The number of nitrogens with zero attached hydrogens (tertiary/aromatic N) is 3. The Labute approximate surface area is 228 Å². The summed E-state index contributed by atoms with van der Waals surface area (Å²) in [7, 11) is -1.86. The second-order valence-corrected chi connectivity index (χ2v) is 18.1. The number of piperidine rings is 1. The predicted molar refractivity (Wildman–Crippen MR) is 155 cm³/mol. The van der Waals surface area contributed by atoms with Crippen molar-refractivity contribution < 1.29 is 13.6 Å². The van der Waals surface area contributed by atoms with Crippen molar-refractivity contribution in [3.8, 4) is 0 Å². The van der Waals surface area contributed by atoms with E-state index in [0.717, 1.165) is 41.9 Å². The van der Waals surface area contributed by atoms with Gasteiger partial charge in [-0.3, -0.25) is 9.78 Å². The summed E-state index contributed by atoms with van der Waals surface area (Å²) < 4.78 is 12.9. The minimum Gasteiger partial charge on any atom is -0.442 e. The maximum Gasteiger partial charge on any atom is 0.226 e. The molecular formula is C31H43N3O3Si. The van der Waals surface area contributed by atoms with Crippen LogP contribution in [0.3, 0.4) is 0 Å². The van der Waals surface area contributed by atoms with Crippen LogP contribution in [0.25, 0.3) is 11.1 Å². The Morgan fingerprint density at radius 1 is 1.11 bits per heavy atom. The summed E-state index contributed by atoms with van der Waals surface area (Å²) >= 11 is 0. The highest BCUT2D eigenvalue weighted by atomic mass is 28.4. The number of pyridine rings is 2. The SMILES string of the molecule is CC1CC1c1cc2ccc(C(=O)Cc3cnccc3N3C[C@@H](C)C(O[Si](C)(C)C(C)(C)C)[C@@H](C)C3)nc2o1. The number of carbonyl (C=O) groups is 1. The van der Waals surface area contributed by atoms with E-state index in [0.29, 0.717) is 35.1 Å². The van der Waals surface area contributed by atoms with Gasteiger partial charge in [-0.2, -0.15) is 0 Å². The molecule has 1 saturated heterocycles. The van der Waals surface area contributed by atoms with E-state index in [-0.39, 0.29) is 23.3 Å². The fourth-order valence-corrected chi connectivity index (χ4v) is 7.10. The van der Waals surface area contributed by atoms with Gasteiger partial charge < -0.3 is 13.7 Å². The molecule has 0 radical (unpaired) electrons. The quantitative estimate of drug-likeness (QED) is 0.235. The van der Waals surface area contributed by atoms with Crippen LogP contribution in [0.5, 0.6) is 0 Å². The van der Waals surface area contributed by atoms with Gasteiger partial charge in [0.25, 0.3) is 0 Å². The van der Waals surface area contributed by atoms with Crippen molar-refractivity contribution in [1.82, 2.24) is 9.97 Å².